The summed E-state index contributed by atoms with van der Waals surface area (Å²) < 4.78 is 1.19. The van der Waals surface area contributed by atoms with E-state index in [9.17, 15) is 4.79 Å². The van der Waals surface area contributed by atoms with Crippen molar-refractivity contribution in [3.05, 3.63) is 63.7 Å². The van der Waals surface area contributed by atoms with E-state index < -0.39 is 0 Å². The summed E-state index contributed by atoms with van der Waals surface area (Å²) in [7, 11) is 0. The molecule has 2 rings (SSSR count). The summed E-state index contributed by atoms with van der Waals surface area (Å²) in [5.41, 5.74) is 1.07. The smallest absolute Gasteiger partial charge is 0.200 e. The molecule has 0 amide bonds. The highest BCUT2D eigenvalue weighted by molar-refractivity contribution is 14.1. The molecule has 2 aromatic carbocycles. The Labute approximate surface area is 125 Å². The fourth-order valence-corrected chi connectivity index (χ4v) is 2.78. The summed E-state index contributed by atoms with van der Waals surface area (Å²) in [6, 6.07) is 17.9. The van der Waals surface area contributed by atoms with Crippen molar-refractivity contribution in [3.8, 4) is 0 Å². The second-order valence-electron chi connectivity index (χ2n) is 4.01. The zero-order valence-electron chi connectivity index (χ0n) is 9.97. The molecule has 3 heteroatoms. The van der Waals surface area contributed by atoms with Gasteiger partial charge in [0, 0.05) is 8.47 Å². The molecule has 92 valence electrons. The monoisotopic (exact) mass is 368 g/mol. The molecule has 18 heavy (non-hydrogen) atoms. The summed E-state index contributed by atoms with van der Waals surface area (Å²) in [6.45, 7) is 1.96. The van der Waals surface area contributed by atoms with E-state index in [0.717, 1.165) is 10.5 Å². The van der Waals surface area contributed by atoms with Crippen LogP contribution in [-0.4, -0.2) is 5.12 Å². The van der Waals surface area contributed by atoms with Crippen LogP contribution in [0.3, 0.4) is 0 Å². The molecule has 0 aliphatic rings. The summed E-state index contributed by atoms with van der Waals surface area (Å²) >= 11 is 3.58. The molecule has 0 N–H and O–H groups in total. The zero-order valence-corrected chi connectivity index (χ0v) is 12.9. The molecule has 1 atom stereocenters. The van der Waals surface area contributed by atoms with Crippen molar-refractivity contribution in [2.75, 3.05) is 0 Å². The minimum atomic E-state index is -0.0767. The van der Waals surface area contributed by atoms with Gasteiger partial charge in [0.25, 0.3) is 0 Å². The van der Waals surface area contributed by atoms with Crippen LogP contribution < -0.4 is 0 Å². The molecular weight excluding hydrogens is 355 g/mol. The normalized spacial score (nSPS) is 12.1. The first-order valence-electron chi connectivity index (χ1n) is 5.69. The Balaban J connectivity index is 2.07. The lowest BCUT2D eigenvalue weighted by molar-refractivity contribution is -0.111. The first-order valence-corrected chi connectivity index (χ1v) is 7.58. The quantitative estimate of drug-likeness (QED) is 0.576. The molecule has 0 aromatic heterocycles. The lowest BCUT2D eigenvalue weighted by Crippen LogP contribution is -2.04. The van der Waals surface area contributed by atoms with Crippen LogP contribution in [0.15, 0.2) is 59.5 Å². The van der Waals surface area contributed by atoms with Gasteiger partial charge in [-0.25, -0.2) is 0 Å². The van der Waals surface area contributed by atoms with Crippen molar-refractivity contribution in [1.29, 1.82) is 0 Å². The zero-order chi connectivity index (χ0) is 13.0. The van der Waals surface area contributed by atoms with Crippen molar-refractivity contribution >= 4 is 39.5 Å². The van der Waals surface area contributed by atoms with Gasteiger partial charge in [-0.3, -0.25) is 4.79 Å². The van der Waals surface area contributed by atoms with Crippen molar-refractivity contribution in [2.24, 2.45) is 0 Å². The third kappa shape index (κ3) is 3.59. The minimum absolute atomic E-state index is 0.0767. The van der Waals surface area contributed by atoms with Crippen LogP contribution in [0.5, 0.6) is 0 Å². The fourth-order valence-electron chi connectivity index (χ4n) is 1.58. The van der Waals surface area contributed by atoms with E-state index in [1.54, 1.807) is 0 Å². The van der Waals surface area contributed by atoms with E-state index >= 15 is 0 Å². The highest BCUT2D eigenvalue weighted by atomic mass is 127. The number of thioether (sulfide) groups is 1. The Bertz CT molecular complexity index is 522. The Morgan fingerprint density at radius 1 is 1.06 bits per heavy atom. The van der Waals surface area contributed by atoms with Gasteiger partial charge < -0.3 is 0 Å². The van der Waals surface area contributed by atoms with Crippen molar-refractivity contribution in [3.63, 3.8) is 0 Å². The topological polar surface area (TPSA) is 17.1 Å². The molecule has 0 fully saturated rings. The van der Waals surface area contributed by atoms with Crippen molar-refractivity contribution < 1.29 is 4.79 Å². The number of carbonyl (C=O) groups excluding carboxylic acids is 1. The lowest BCUT2D eigenvalue weighted by Gasteiger charge is -2.10. The van der Waals surface area contributed by atoms with Crippen LogP contribution in [-0.2, 0) is 4.79 Å². The molecule has 0 radical (unpaired) electrons. The Morgan fingerprint density at radius 2 is 1.67 bits per heavy atom. The van der Waals surface area contributed by atoms with Crippen LogP contribution in [0.25, 0.3) is 0 Å². The van der Waals surface area contributed by atoms with Gasteiger partial charge in [0.2, 0.25) is 5.12 Å². The first kappa shape index (κ1) is 13.6. The molecule has 1 unspecified atom stereocenters. The van der Waals surface area contributed by atoms with Crippen molar-refractivity contribution in [2.45, 2.75) is 17.7 Å². The average molecular weight is 368 g/mol. The molecule has 0 bridgehead atoms. The summed E-state index contributed by atoms with van der Waals surface area (Å²) in [5.74, 6) is -0.0767. The van der Waals surface area contributed by atoms with E-state index in [-0.39, 0.29) is 11.0 Å². The molecular formula is C15H13IOS. The second kappa shape index (κ2) is 6.38. The average Bonchev–Trinajstić information content (AvgIpc) is 2.40. The maximum atomic E-state index is 12.2. The van der Waals surface area contributed by atoms with E-state index in [4.69, 9.17) is 0 Å². The minimum Gasteiger partial charge on any atom is -0.286 e. The highest BCUT2D eigenvalue weighted by Gasteiger charge is 2.16. The van der Waals surface area contributed by atoms with Crippen LogP contribution in [0.2, 0.25) is 0 Å². The maximum absolute atomic E-state index is 12.2. The largest absolute Gasteiger partial charge is 0.286 e. The molecule has 0 spiro atoms. The van der Waals surface area contributed by atoms with Crippen LogP contribution in [0.1, 0.15) is 18.4 Å². The Morgan fingerprint density at radius 3 is 2.28 bits per heavy atom. The summed E-state index contributed by atoms with van der Waals surface area (Å²) in [5, 5.41) is 0.183. The highest BCUT2D eigenvalue weighted by Crippen LogP contribution is 2.27. The lowest BCUT2D eigenvalue weighted by atomic mass is 10.0. The third-order valence-corrected chi connectivity index (χ3v) is 4.47. The number of benzene rings is 2. The van der Waals surface area contributed by atoms with Crippen LogP contribution >= 0.6 is 34.4 Å². The molecule has 2 aromatic rings. The number of hydrogen-bond donors (Lipinski definition) is 0. The van der Waals surface area contributed by atoms with Gasteiger partial charge >= 0.3 is 0 Å². The van der Waals surface area contributed by atoms with Gasteiger partial charge in [0.15, 0.2) is 0 Å². The Kier molecular flexibility index (Phi) is 4.83. The second-order valence-corrected chi connectivity index (χ2v) is 6.33. The van der Waals surface area contributed by atoms with Gasteiger partial charge in [-0.05, 0) is 52.4 Å². The number of hydrogen-bond acceptors (Lipinski definition) is 2. The van der Waals surface area contributed by atoms with E-state index in [1.165, 1.54) is 15.3 Å². The molecule has 0 aliphatic carbocycles. The standard InChI is InChI=1S/C15H13IOS/c1-11(12-7-9-13(16)10-8-12)15(17)18-14-5-3-2-4-6-14/h2-11H,1H3. The van der Waals surface area contributed by atoms with E-state index in [2.05, 4.69) is 22.6 Å². The molecule has 0 saturated carbocycles. The van der Waals surface area contributed by atoms with Gasteiger partial charge in [-0.1, -0.05) is 49.0 Å². The predicted octanol–water partition coefficient (Wildman–Crippen LogP) is 4.71. The summed E-state index contributed by atoms with van der Waals surface area (Å²) in [6.07, 6.45) is 0. The van der Waals surface area contributed by atoms with E-state index in [0.29, 0.717) is 0 Å². The van der Waals surface area contributed by atoms with Crippen LogP contribution in [0, 0.1) is 3.57 Å². The predicted molar refractivity (Wildman–Crippen MR) is 84.9 cm³/mol. The van der Waals surface area contributed by atoms with Gasteiger partial charge in [0.1, 0.15) is 0 Å². The molecule has 0 heterocycles. The Hall–Kier alpha value is -0.810. The SMILES string of the molecule is CC(C(=O)Sc1ccccc1)c1ccc(I)cc1. The van der Waals surface area contributed by atoms with Gasteiger partial charge in [0.05, 0.1) is 5.92 Å². The van der Waals surface area contributed by atoms with Crippen molar-refractivity contribution in [1.82, 2.24) is 0 Å². The number of halogens is 1. The summed E-state index contributed by atoms with van der Waals surface area (Å²) in [4.78, 5) is 13.2. The molecule has 0 aliphatic heterocycles. The number of rotatable bonds is 3. The fraction of sp³-hybridized carbons (Fsp3) is 0.133. The van der Waals surface area contributed by atoms with E-state index in [1.807, 2.05) is 61.5 Å². The van der Waals surface area contributed by atoms with Gasteiger partial charge in [-0.15, -0.1) is 0 Å². The first-order chi connectivity index (χ1) is 8.66. The maximum Gasteiger partial charge on any atom is 0.200 e. The molecule has 0 saturated heterocycles. The van der Waals surface area contributed by atoms with Crippen LogP contribution in [0.4, 0.5) is 0 Å². The third-order valence-electron chi connectivity index (χ3n) is 2.69. The molecule has 1 nitrogen and oxygen atoms in total. The van der Waals surface area contributed by atoms with Gasteiger partial charge in [-0.2, -0.15) is 0 Å². The number of carbonyl (C=O) groups is 1.